The molecule has 0 radical (unpaired) electrons. The summed E-state index contributed by atoms with van der Waals surface area (Å²) in [5, 5.41) is 4.94. The Morgan fingerprint density at radius 3 is 2.32 bits per heavy atom. The van der Waals surface area contributed by atoms with E-state index in [1.54, 1.807) is 11.8 Å². The molecule has 0 heterocycles. The van der Waals surface area contributed by atoms with Gasteiger partial charge in [0.05, 0.1) is 0 Å². The van der Waals surface area contributed by atoms with E-state index in [4.69, 9.17) is 0 Å². The van der Waals surface area contributed by atoms with E-state index in [1.165, 1.54) is 0 Å². The number of amides is 1. The average molecular weight is 311 g/mol. The van der Waals surface area contributed by atoms with Gasteiger partial charge in [0, 0.05) is 16.2 Å². The normalized spacial score (nSPS) is 11.2. The Labute approximate surface area is 136 Å². The standard InChI is InChI=1S/C19H21NOS/c1-2-3-10-16(15-22-18-13-8-5-9-14-18)19(21)20-17-11-6-4-7-12-17/h4-9,11-15H,2-3,10H2,1H3,(H,20,21). The zero-order chi connectivity index (χ0) is 15.6. The Morgan fingerprint density at radius 1 is 1.05 bits per heavy atom. The van der Waals surface area contributed by atoms with Crippen LogP contribution in [-0.4, -0.2) is 5.91 Å². The fourth-order valence-corrected chi connectivity index (χ4v) is 2.78. The Bertz CT molecular complexity index is 608. The zero-order valence-electron chi connectivity index (χ0n) is 12.8. The summed E-state index contributed by atoms with van der Waals surface area (Å²) < 4.78 is 0. The molecule has 0 saturated heterocycles. The maximum Gasteiger partial charge on any atom is 0.252 e. The highest BCUT2D eigenvalue weighted by Gasteiger charge is 2.09. The molecule has 2 aromatic rings. The van der Waals surface area contributed by atoms with Crippen molar-refractivity contribution in [3.63, 3.8) is 0 Å². The number of nitrogens with one attached hydrogen (secondary N) is 1. The van der Waals surface area contributed by atoms with Crippen molar-refractivity contribution in [3.05, 3.63) is 71.6 Å². The maximum atomic E-state index is 12.4. The van der Waals surface area contributed by atoms with E-state index in [1.807, 2.05) is 66.1 Å². The molecule has 0 bridgehead atoms. The second-order valence-electron chi connectivity index (χ2n) is 5.00. The third kappa shape index (κ3) is 5.41. The van der Waals surface area contributed by atoms with E-state index in [0.717, 1.165) is 35.4 Å². The molecule has 22 heavy (non-hydrogen) atoms. The summed E-state index contributed by atoms with van der Waals surface area (Å²) in [7, 11) is 0. The number of rotatable bonds is 7. The summed E-state index contributed by atoms with van der Waals surface area (Å²) in [5.41, 5.74) is 1.67. The van der Waals surface area contributed by atoms with E-state index >= 15 is 0 Å². The first-order valence-corrected chi connectivity index (χ1v) is 8.44. The van der Waals surface area contributed by atoms with Crippen LogP contribution >= 0.6 is 11.8 Å². The number of hydrogen-bond acceptors (Lipinski definition) is 2. The van der Waals surface area contributed by atoms with Gasteiger partial charge in [0.15, 0.2) is 0 Å². The van der Waals surface area contributed by atoms with Gasteiger partial charge in [-0.15, -0.1) is 0 Å². The summed E-state index contributed by atoms with van der Waals surface area (Å²) in [4.78, 5) is 13.6. The minimum atomic E-state index is -0.0110. The predicted molar refractivity (Wildman–Crippen MR) is 95.0 cm³/mol. The quantitative estimate of drug-likeness (QED) is 0.541. The Hall–Kier alpha value is -2.00. The van der Waals surface area contributed by atoms with Gasteiger partial charge in [-0.05, 0) is 42.5 Å². The third-order valence-electron chi connectivity index (χ3n) is 3.20. The molecule has 2 rings (SSSR count). The van der Waals surface area contributed by atoms with Gasteiger partial charge in [-0.2, -0.15) is 0 Å². The summed E-state index contributed by atoms with van der Waals surface area (Å²) in [5.74, 6) is -0.0110. The molecule has 0 saturated carbocycles. The van der Waals surface area contributed by atoms with Crippen LogP contribution in [0.4, 0.5) is 5.69 Å². The number of anilines is 1. The molecule has 3 heteroatoms. The van der Waals surface area contributed by atoms with Crippen LogP contribution in [0, 0.1) is 0 Å². The fourth-order valence-electron chi connectivity index (χ4n) is 1.96. The molecule has 0 spiro atoms. The van der Waals surface area contributed by atoms with Crippen molar-refractivity contribution in [1.29, 1.82) is 0 Å². The average Bonchev–Trinajstić information content (AvgIpc) is 2.56. The first-order chi connectivity index (χ1) is 10.8. The van der Waals surface area contributed by atoms with Crippen molar-refractivity contribution >= 4 is 23.4 Å². The van der Waals surface area contributed by atoms with E-state index in [9.17, 15) is 4.79 Å². The van der Waals surface area contributed by atoms with Crippen LogP contribution in [0.1, 0.15) is 26.2 Å². The van der Waals surface area contributed by atoms with Crippen molar-refractivity contribution < 1.29 is 4.79 Å². The van der Waals surface area contributed by atoms with Crippen LogP contribution in [0.5, 0.6) is 0 Å². The molecule has 0 aliphatic carbocycles. The second-order valence-corrected chi connectivity index (χ2v) is 5.94. The molecule has 0 unspecified atom stereocenters. The van der Waals surface area contributed by atoms with Gasteiger partial charge in [-0.3, -0.25) is 4.79 Å². The van der Waals surface area contributed by atoms with E-state index in [0.29, 0.717) is 0 Å². The minimum Gasteiger partial charge on any atom is -0.322 e. The number of hydrogen-bond donors (Lipinski definition) is 1. The Balaban J connectivity index is 2.05. The predicted octanol–water partition coefficient (Wildman–Crippen LogP) is 5.49. The Kier molecular flexibility index (Phi) is 6.78. The highest BCUT2D eigenvalue weighted by Crippen LogP contribution is 2.23. The lowest BCUT2D eigenvalue weighted by molar-refractivity contribution is -0.113. The highest BCUT2D eigenvalue weighted by molar-refractivity contribution is 8.02. The van der Waals surface area contributed by atoms with Crippen molar-refractivity contribution in [3.8, 4) is 0 Å². The monoisotopic (exact) mass is 311 g/mol. The van der Waals surface area contributed by atoms with Crippen molar-refractivity contribution in [1.82, 2.24) is 0 Å². The van der Waals surface area contributed by atoms with Gasteiger partial charge in [-0.1, -0.05) is 61.5 Å². The van der Waals surface area contributed by atoms with Crippen LogP contribution in [0.25, 0.3) is 0 Å². The first kappa shape index (κ1) is 16.4. The molecule has 1 amide bonds. The lowest BCUT2D eigenvalue weighted by Gasteiger charge is -2.09. The van der Waals surface area contributed by atoms with Crippen LogP contribution < -0.4 is 5.32 Å². The summed E-state index contributed by atoms with van der Waals surface area (Å²) in [6.45, 7) is 2.14. The summed E-state index contributed by atoms with van der Waals surface area (Å²) >= 11 is 1.59. The SMILES string of the molecule is CCCCC(=CSc1ccccc1)C(=O)Nc1ccccc1. The lowest BCUT2D eigenvalue weighted by Crippen LogP contribution is -2.14. The summed E-state index contributed by atoms with van der Waals surface area (Å²) in [6.07, 6.45) is 2.89. The summed E-state index contributed by atoms with van der Waals surface area (Å²) in [6, 6.07) is 19.7. The van der Waals surface area contributed by atoms with Crippen molar-refractivity contribution in [2.24, 2.45) is 0 Å². The number of para-hydroxylation sites is 1. The second kappa shape index (κ2) is 9.11. The minimum absolute atomic E-state index is 0.0110. The molecule has 0 atom stereocenters. The number of benzene rings is 2. The number of thioether (sulfide) groups is 1. The van der Waals surface area contributed by atoms with Gasteiger partial charge in [0.1, 0.15) is 0 Å². The molecule has 1 N–H and O–H groups in total. The molecule has 0 aliphatic heterocycles. The van der Waals surface area contributed by atoms with E-state index in [2.05, 4.69) is 12.2 Å². The van der Waals surface area contributed by atoms with Crippen molar-refractivity contribution in [2.75, 3.05) is 5.32 Å². The third-order valence-corrected chi connectivity index (χ3v) is 4.15. The molecule has 0 aromatic heterocycles. The van der Waals surface area contributed by atoms with Crippen LogP contribution in [-0.2, 0) is 4.79 Å². The number of carbonyl (C=O) groups excluding carboxylic acids is 1. The van der Waals surface area contributed by atoms with Gasteiger partial charge >= 0.3 is 0 Å². The highest BCUT2D eigenvalue weighted by atomic mass is 32.2. The maximum absolute atomic E-state index is 12.4. The van der Waals surface area contributed by atoms with Crippen LogP contribution in [0.2, 0.25) is 0 Å². The molecule has 2 nitrogen and oxygen atoms in total. The number of carbonyl (C=O) groups is 1. The first-order valence-electron chi connectivity index (χ1n) is 7.56. The van der Waals surface area contributed by atoms with Crippen molar-refractivity contribution in [2.45, 2.75) is 31.1 Å². The van der Waals surface area contributed by atoms with Crippen LogP contribution in [0.15, 0.2) is 76.5 Å². The van der Waals surface area contributed by atoms with E-state index < -0.39 is 0 Å². The van der Waals surface area contributed by atoms with Crippen LogP contribution in [0.3, 0.4) is 0 Å². The molecule has 0 fully saturated rings. The fraction of sp³-hybridized carbons (Fsp3) is 0.211. The largest absolute Gasteiger partial charge is 0.322 e. The zero-order valence-corrected chi connectivity index (χ0v) is 13.6. The van der Waals surface area contributed by atoms with Gasteiger partial charge in [0.25, 0.3) is 5.91 Å². The smallest absolute Gasteiger partial charge is 0.252 e. The number of unbranched alkanes of at least 4 members (excludes halogenated alkanes) is 1. The van der Waals surface area contributed by atoms with E-state index in [-0.39, 0.29) is 5.91 Å². The molecule has 2 aromatic carbocycles. The molecule has 0 aliphatic rings. The Morgan fingerprint density at radius 2 is 1.68 bits per heavy atom. The van der Waals surface area contributed by atoms with Gasteiger partial charge in [0.2, 0.25) is 0 Å². The molecular formula is C19H21NOS. The lowest BCUT2D eigenvalue weighted by atomic mass is 10.1. The van der Waals surface area contributed by atoms with Gasteiger partial charge in [-0.25, -0.2) is 0 Å². The van der Waals surface area contributed by atoms with Gasteiger partial charge < -0.3 is 5.32 Å². The molecular weight excluding hydrogens is 290 g/mol. The molecule has 114 valence electrons. The topological polar surface area (TPSA) is 29.1 Å².